The molecule has 0 aliphatic carbocycles. The number of hydrogen-bond acceptors (Lipinski definition) is 3. The highest BCUT2D eigenvalue weighted by Gasteiger charge is 1.64. The molecule has 0 atom stereocenters. The van der Waals surface area contributed by atoms with Gasteiger partial charge in [-0.2, -0.15) is 13.5 Å². The lowest BCUT2D eigenvalue weighted by atomic mass is 10.7. The first-order valence-corrected chi connectivity index (χ1v) is 1.55. The maximum Gasteiger partial charge on any atom is 0.0220 e. The van der Waals surface area contributed by atoms with Gasteiger partial charge in [-0.1, -0.05) is 0 Å². The molecule has 6 heavy (non-hydrogen) atoms. The van der Waals surface area contributed by atoms with Crippen LogP contribution in [-0.4, -0.2) is 13.1 Å². The van der Waals surface area contributed by atoms with Crippen molar-refractivity contribution >= 4 is 13.5 Å². The number of rotatable bonds is 2. The van der Waals surface area contributed by atoms with Crippen molar-refractivity contribution in [2.75, 3.05) is 13.1 Å². The molecule has 0 aliphatic heterocycles. The Morgan fingerprint density at radius 2 is 2.00 bits per heavy atom. The van der Waals surface area contributed by atoms with Crippen LogP contribution in [0.4, 0.5) is 0 Å². The summed E-state index contributed by atoms with van der Waals surface area (Å²) in [6.45, 7) is 1.30. The van der Waals surface area contributed by atoms with Crippen molar-refractivity contribution in [2.45, 2.75) is 0 Å². The monoisotopic (exact) mass is 109 g/mol. The zero-order valence-electron chi connectivity index (χ0n) is 3.57. The van der Waals surface area contributed by atoms with Gasteiger partial charge < -0.3 is 5.73 Å². The maximum absolute atomic E-state index is 5.00. The van der Waals surface area contributed by atoms with Crippen molar-refractivity contribution in [1.29, 1.82) is 0 Å². The van der Waals surface area contributed by atoms with Crippen molar-refractivity contribution in [3.05, 3.63) is 0 Å². The van der Waals surface area contributed by atoms with E-state index in [4.69, 9.17) is 11.6 Å². The van der Waals surface area contributed by atoms with E-state index < -0.39 is 0 Å². The van der Waals surface area contributed by atoms with Gasteiger partial charge in [0.1, 0.15) is 0 Å². The average Bonchev–Trinajstić information content (AvgIpc) is 1.41. The van der Waals surface area contributed by atoms with Gasteiger partial charge in [0.2, 0.25) is 0 Å². The Labute approximate surface area is 44.5 Å². The highest BCUT2D eigenvalue weighted by Crippen LogP contribution is 1.33. The van der Waals surface area contributed by atoms with Crippen LogP contribution in [0.5, 0.6) is 0 Å². The smallest absolute Gasteiger partial charge is 0.0220 e. The minimum absolute atomic E-state index is 0. The fraction of sp³-hybridized carbons (Fsp3) is 1.00. The Morgan fingerprint density at radius 3 is 2.00 bits per heavy atom. The highest BCUT2D eigenvalue weighted by molar-refractivity contribution is 7.59. The molecule has 0 aliphatic rings. The maximum atomic E-state index is 5.00. The quantitative estimate of drug-likeness (QED) is 0.299. The SMILES string of the molecule is NCCNN.S. The molecule has 0 rings (SSSR count). The van der Waals surface area contributed by atoms with Gasteiger partial charge in [0.05, 0.1) is 0 Å². The van der Waals surface area contributed by atoms with Crippen molar-refractivity contribution in [3.8, 4) is 0 Å². The van der Waals surface area contributed by atoms with Gasteiger partial charge in [-0.05, 0) is 0 Å². The van der Waals surface area contributed by atoms with E-state index in [1.54, 1.807) is 0 Å². The van der Waals surface area contributed by atoms with Gasteiger partial charge in [-0.15, -0.1) is 0 Å². The van der Waals surface area contributed by atoms with Crippen molar-refractivity contribution in [1.82, 2.24) is 5.43 Å². The molecule has 0 aromatic heterocycles. The Hall–Kier alpha value is 0.230. The first-order valence-electron chi connectivity index (χ1n) is 1.55. The van der Waals surface area contributed by atoms with E-state index in [1.165, 1.54) is 0 Å². The predicted molar refractivity (Wildman–Crippen MR) is 31.6 cm³/mol. The summed E-state index contributed by atoms with van der Waals surface area (Å²) < 4.78 is 0. The van der Waals surface area contributed by atoms with Crippen LogP contribution in [0.15, 0.2) is 0 Å². The van der Waals surface area contributed by atoms with E-state index in [0.29, 0.717) is 13.1 Å². The molecular weight excluding hydrogens is 98.1 g/mol. The van der Waals surface area contributed by atoms with Gasteiger partial charge in [-0.25, -0.2) is 0 Å². The molecule has 0 saturated heterocycles. The molecule has 3 nitrogen and oxygen atoms in total. The Morgan fingerprint density at radius 1 is 1.50 bits per heavy atom. The van der Waals surface area contributed by atoms with E-state index >= 15 is 0 Å². The predicted octanol–water partition coefficient (Wildman–Crippen LogP) is -1.48. The lowest BCUT2D eigenvalue weighted by Gasteiger charge is -1.85. The molecule has 40 valence electrons. The van der Waals surface area contributed by atoms with Crippen LogP contribution >= 0.6 is 13.5 Å². The van der Waals surface area contributed by atoms with Gasteiger partial charge in [0, 0.05) is 13.1 Å². The highest BCUT2D eigenvalue weighted by atomic mass is 32.1. The summed E-state index contributed by atoms with van der Waals surface area (Å²) in [7, 11) is 0. The summed E-state index contributed by atoms with van der Waals surface area (Å²) in [6, 6.07) is 0. The van der Waals surface area contributed by atoms with Crippen LogP contribution < -0.4 is 17.0 Å². The summed E-state index contributed by atoms with van der Waals surface area (Å²) in [6.07, 6.45) is 0. The normalized spacial score (nSPS) is 7.00. The summed E-state index contributed by atoms with van der Waals surface area (Å²) in [5, 5.41) is 0. The van der Waals surface area contributed by atoms with Crippen LogP contribution in [0, 0.1) is 0 Å². The second-order valence-electron chi connectivity index (χ2n) is 0.743. The lowest BCUT2D eigenvalue weighted by molar-refractivity contribution is 0.738. The van der Waals surface area contributed by atoms with Crippen molar-refractivity contribution in [3.63, 3.8) is 0 Å². The van der Waals surface area contributed by atoms with Crippen molar-refractivity contribution < 1.29 is 0 Å². The van der Waals surface area contributed by atoms with Crippen LogP contribution in [-0.2, 0) is 0 Å². The molecule has 0 bridgehead atoms. The summed E-state index contributed by atoms with van der Waals surface area (Å²) in [5.41, 5.74) is 7.39. The van der Waals surface area contributed by atoms with Crippen molar-refractivity contribution in [2.24, 2.45) is 11.6 Å². The van der Waals surface area contributed by atoms with Gasteiger partial charge in [0.25, 0.3) is 0 Å². The number of nitrogens with two attached hydrogens (primary N) is 2. The van der Waals surface area contributed by atoms with Crippen LogP contribution in [0.3, 0.4) is 0 Å². The molecule has 5 N–H and O–H groups in total. The Balaban J connectivity index is 0. The second-order valence-corrected chi connectivity index (χ2v) is 0.743. The summed E-state index contributed by atoms with van der Waals surface area (Å²) in [5.74, 6) is 4.81. The van der Waals surface area contributed by atoms with Crippen LogP contribution in [0.1, 0.15) is 0 Å². The third kappa shape index (κ3) is 8.87. The minimum atomic E-state index is 0. The third-order valence-electron chi connectivity index (χ3n) is 0.289. The Kier molecular flexibility index (Phi) is 14.2. The largest absolute Gasteiger partial charge is 0.329 e. The molecule has 0 aromatic rings. The first kappa shape index (κ1) is 9.52. The van der Waals surface area contributed by atoms with E-state index in [9.17, 15) is 0 Å². The fourth-order valence-electron chi connectivity index (χ4n) is 0.0833. The summed E-state index contributed by atoms with van der Waals surface area (Å²) in [4.78, 5) is 0. The standard InChI is InChI=1S/C2H9N3.H2S/c3-1-2-5-4;/h5H,1-4H2;1H2. The first-order chi connectivity index (χ1) is 2.41. The molecule has 0 spiro atoms. The molecule has 0 amide bonds. The zero-order chi connectivity index (χ0) is 4.12. The van der Waals surface area contributed by atoms with E-state index in [2.05, 4.69) is 5.43 Å². The van der Waals surface area contributed by atoms with E-state index in [1.807, 2.05) is 0 Å². The molecule has 0 fully saturated rings. The number of hydrazine groups is 1. The molecule has 4 heteroatoms. The molecule has 0 radical (unpaired) electrons. The third-order valence-corrected chi connectivity index (χ3v) is 0.289. The Bertz CT molecular complexity index is 16.3. The molecular formula is C2H11N3S. The topological polar surface area (TPSA) is 64.1 Å². The molecule has 0 saturated carbocycles. The number of nitrogens with one attached hydrogen (secondary N) is 1. The second kappa shape index (κ2) is 8.97. The molecule has 0 unspecified atom stereocenters. The summed E-state index contributed by atoms with van der Waals surface area (Å²) >= 11 is 0. The molecule has 0 heterocycles. The zero-order valence-corrected chi connectivity index (χ0v) is 4.57. The van der Waals surface area contributed by atoms with Gasteiger partial charge >= 0.3 is 0 Å². The number of hydrogen-bond donors (Lipinski definition) is 3. The van der Waals surface area contributed by atoms with E-state index in [-0.39, 0.29) is 13.5 Å². The van der Waals surface area contributed by atoms with Crippen LogP contribution in [0.2, 0.25) is 0 Å². The lowest BCUT2D eigenvalue weighted by Crippen LogP contribution is -2.28. The minimum Gasteiger partial charge on any atom is -0.329 e. The average molecular weight is 109 g/mol. The fourth-order valence-corrected chi connectivity index (χ4v) is 0.0833. The van der Waals surface area contributed by atoms with Gasteiger partial charge in [-0.3, -0.25) is 11.3 Å². The van der Waals surface area contributed by atoms with E-state index in [0.717, 1.165) is 0 Å². The molecule has 0 aromatic carbocycles. The van der Waals surface area contributed by atoms with Crippen LogP contribution in [0.25, 0.3) is 0 Å². The van der Waals surface area contributed by atoms with Gasteiger partial charge in [0.15, 0.2) is 0 Å².